The van der Waals surface area contributed by atoms with Gasteiger partial charge in [-0.25, -0.2) is 13.1 Å². The van der Waals surface area contributed by atoms with Gasteiger partial charge in [-0.15, -0.1) is 11.3 Å². The predicted molar refractivity (Wildman–Crippen MR) is 97.5 cm³/mol. The highest BCUT2D eigenvalue weighted by atomic mass is 32.2. The minimum absolute atomic E-state index is 0.263. The topological polar surface area (TPSA) is 55.4 Å². The second-order valence-corrected chi connectivity index (χ2v) is 9.12. The highest BCUT2D eigenvalue weighted by Gasteiger charge is 2.16. The Hall–Kier alpha value is -1.37. The van der Waals surface area contributed by atoms with Gasteiger partial charge in [0.05, 0.1) is 0 Å². The third-order valence-electron chi connectivity index (χ3n) is 4.23. The molecular weight excluding hydrogens is 342 g/mol. The number of nitrogens with one attached hydrogen (secondary N) is 1. The highest BCUT2D eigenvalue weighted by Crippen LogP contribution is 2.25. The molecule has 1 N–H and O–H groups in total. The third-order valence-corrected chi connectivity index (χ3v) is 7.42. The van der Waals surface area contributed by atoms with Gasteiger partial charge in [-0.3, -0.25) is 0 Å². The first-order valence-corrected chi connectivity index (χ1v) is 10.7. The molecular formula is C18H23NO3S2. The lowest BCUT2D eigenvalue weighted by Crippen LogP contribution is -2.27. The number of aryl methyl sites for hydroxylation is 3. The normalized spacial score (nSPS) is 14.4. The predicted octanol–water partition coefficient (Wildman–Crippen LogP) is 3.55. The Balaban J connectivity index is 1.51. The SMILES string of the molecule is CCc1ccc(S(=O)(=O)NCCOc2ccc3c(c2)CCCC3)s1. The summed E-state index contributed by atoms with van der Waals surface area (Å²) in [6, 6.07) is 9.73. The Morgan fingerprint density at radius 3 is 2.67 bits per heavy atom. The fourth-order valence-corrected chi connectivity index (χ4v) is 5.26. The van der Waals surface area contributed by atoms with Crippen LogP contribution in [0.4, 0.5) is 0 Å². The molecule has 0 unspecified atom stereocenters. The molecule has 0 amide bonds. The first-order valence-electron chi connectivity index (χ1n) is 8.41. The van der Waals surface area contributed by atoms with E-state index in [1.807, 2.05) is 19.1 Å². The zero-order valence-electron chi connectivity index (χ0n) is 13.9. The monoisotopic (exact) mass is 365 g/mol. The molecule has 0 spiro atoms. The van der Waals surface area contributed by atoms with Gasteiger partial charge in [-0.1, -0.05) is 13.0 Å². The fraction of sp³-hybridized carbons (Fsp3) is 0.444. The number of sulfonamides is 1. The molecule has 2 aromatic rings. The van der Waals surface area contributed by atoms with Crippen LogP contribution in [-0.2, 0) is 29.3 Å². The quantitative estimate of drug-likeness (QED) is 0.764. The van der Waals surface area contributed by atoms with Crippen molar-refractivity contribution in [2.75, 3.05) is 13.2 Å². The lowest BCUT2D eigenvalue weighted by Gasteiger charge is -2.16. The molecule has 0 bridgehead atoms. The number of ether oxygens (including phenoxy) is 1. The second kappa shape index (κ2) is 7.68. The first-order chi connectivity index (χ1) is 11.6. The van der Waals surface area contributed by atoms with E-state index in [2.05, 4.69) is 16.9 Å². The summed E-state index contributed by atoms with van der Waals surface area (Å²) in [5, 5.41) is 0. The Morgan fingerprint density at radius 1 is 1.12 bits per heavy atom. The molecule has 0 saturated heterocycles. The van der Waals surface area contributed by atoms with Crippen molar-refractivity contribution in [3.8, 4) is 5.75 Å². The van der Waals surface area contributed by atoms with Crippen molar-refractivity contribution in [1.82, 2.24) is 4.72 Å². The molecule has 1 aromatic heterocycles. The van der Waals surface area contributed by atoms with E-state index in [-0.39, 0.29) is 6.54 Å². The van der Waals surface area contributed by atoms with Crippen LogP contribution < -0.4 is 9.46 Å². The zero-order chi connectivity index (χ0) is 17.0. The van der Waals surface area contributed by atoms with Gasteiger partial charge < -0.3 is 4.74 Å². The lowest BCUT2D eigenvalue weighted by molar-refractivity contribution is 0.322. The minimum Gasteiger partial charge on any atom is -0.492 e. The van der Waals surface area contributed by atoms with Crippen molar-refractivity contribution >= 4 is 21.4 Å². The van der Waals surface area contributed by atoms with Gasteiger partial charge in [0.15, 0.2) is 0 Å². The van der Waals surface area contributed by atoms with E-state index in [9.17, 15) is 8.42 Å². The van der Waals surface area contributed by atoms with Crippen molar-refractivity contribution in [3.05, 3.63) is 46.3 Å². The summed E-state index contributed by atoms with van der Waals surface area (Å²) in [6.07, 6.45) is 5.60. The molecule has 24 heavy (non-hydrogen) atoms. The molecule has 130 valence electrons. The Bertz CT molecular complexity index is 796. The van der Waals surface area contributed by atoms with Crippen LogP contribution in [0, 0.1) is 0 Å². The van der Waals surface area contributed by atoms with Crippen molar-refractivity contribution in [2.45, 2.75) is 43.2 Å². The van der Waals surface area contributed by atoms with E-state index >= 15 is 0 Å². The summed E-state index contributed by atoms with van der Waals surface area (Å²) in [5.41, 5.74) is 2.78. The minimum atomic E-state index is -3.43. The molecule has 1 aliphatic carbocycles. The van der Waals surface area contributed by atoms with Crippen molar-refractivity contribution in [3.63, 3.8) is 0 Å². The lowest BCUT2D eigenvalue weighted by atomic mass is 9.92. The van der Waals surface area contributed by atoms with Crippen LogP contribution in [0.2, 0.25) is 0 Å². The molecule has 6 heteroatoms. The van der Waals surface area contributed by atoms with Crippen LogP contribution in [0.25, 0.3) is 0 Å². The first kappa shape index (κ1) is 17.5. The van der Waals surface area contributed by atoms with E-state index in [1.165, 1.54) is 35.3 Å². The maximum absolute atomic E-state index is 12.2. The summed E-state index contributed by atoms with van der Waals surface area (Å²) in [5.74, 6) is 0.819. The van der Waals surface area contributed by atoms with Crippen molar-refractivity contribution in [1.29, 1.82) is 0 Å². The standard InChI is InChI=1S/C18H23NO3S2/c1-2-17-9-10-18(23-17)24(20,21)19-11-12-22-16-8-7-14-5-3-4-6-15(14)13-16/h7-10,13,19H,2-6,11-12H2,1H3. The van der Waals surface area contributed by atoms with Crippen LogP contribution in [-0.4, -0.2) is 21.6 Å². The summed E-state index contributed by atoms with van der Waals surface area (Å²) < 4.78 is 33.1. The van der Waals surface area contributed by atoms with Gasteiger partial charge in [0.1, 0.15) is 16.6 Å². The molecule has 0 saturated carbocycles. The molecule has 1 aromatic carbocycles. The van der Waals surface area contributed by atoms with Gasteiger partial charge in [0.2, 0.25) is 10.0 Å². The number of rotatable bonds is 7. The summed E-state index contributed by atoms with van der Waals surface area (Å²) in [4.78, 5) is 1.07. The zero-order valence-corrected chi connectivity index (χ0v) is 15.5. The van der Waals surface area contributed by atoms with Crippen LogP contribution in [0.15, 0.2) is 34.5 Å². The molecule has 0 atom stereocenters. The number of thiophene rings is 1. The Labute approximate surface area is 147 Å². The van der Waals surface area contributed by atoms with Crippen LogP contribution in [0.3, 0.4) is 0 Å². The number of benzene rings is 1. The van der Waals surface area contributed by atoms with Crippen molar-refractivity contribution in [2.24, 2.45) is 0 Å². The number of hydrogen-bond acceptors (Lipinski definition) is 4. The Morgan fingerprint density at radius 2 is 1.92 bits per heavy atom. The van der Waals surface area contributed by atoms with E-state index in [4.69, 9.17) is 4.74 Å². The average molecular weight is 366 g/mol. The van der Waals surface area contributed by atoms with Crippen molar-refractivity contribution < 1.29 is 13.2 Å². The van der Waals surface area contributed by atoms with E-state index < -0.39 is 10.0 Å². The molecule has 0 fully saturated rings. The molecule has 1 heterocycles. The molecule has 4 nitrogen and oxygen atoms in total. The van der Waals surface area contributed by atoms with Crippen LogP contribution in [0.1, 0.15) is 35.8 Å². The maximum atomic E-state index is 12.2. The van der Waals surface area contributed by atoms with Crippen LogP contribution >= 0.6 is 11.3 Å². The number of hydrogen-bond donors (Lipinski definition) is 1. The summed E-state index contributed by atoms with van der Waals surface area (Å²) >= 11 is 1.32. The number of fused-ring (bicyclic) bond motifs is 1. The summed E-state index contributed by atoms with van der Waals surface area (Å²) in [6.45, 7) is 2.60. The van der Waals surface area contributed by atoms with Gasteiger partial charge in [-0.2, -0.15) is 0 Å². The average Bonchev–Trinajstić information content (AvgIpc) is 3.09. The van der Waals surface area contributed by atoms with Crippen LogP contribution in [0.5, 0.6) is 5.75 Å². The van der Waals surface area contributed by atoms with E-state index in [0.29, 0.717) is 10.8 Å². The highest BCUT2D eigenvalue weighted by molar-refractivity contribution is 7.91. The van der Waals surface area contributed by atoms with Gasteiger partial charge >= 0.3 is 0 Å². The maximum Gasteiger partial charge on any atom is 0.250 e. The van der Waals surface area contributed by atoms with E-state index in [0.717, 1.165) is 29.9 Å². The molecule has 0 radical (unpaired) electrons. The van der Waals surface area contributed by atoms with Gasteiger partial charge in [0, 0.05) is 11.4 Å². The summed E-state index contributed by atoms with van der Waals surface area (Å²) in [7, 11) is -3.43. The molecule has 0 aliphatic heterocycles. The second-order valence-electron chi connectivity index (χ2n) is 5.96. The van der Waals surface area contributed by atoms with Gasteiger partial charge in [0.25, 0.3) is 0 Å². The van der Waals surface area contributed by atoms with Gasteiger partial charge in [-0.05, 0) is 67.5 Å². The Kier molecular flexibility index (Phi) is 5.58. The van der Waals surface area contributed by atoms with E-state index in [1.54, 1.807) is 6.07 Å². The molecule has 1 aliphatic rings. The largest absolute Gasteiger partial charge is 0.492 e. The fourth-order valence-electron chi connectivity index (χ4n) is 2.91. The third kappa shape index (κ3) is 4.18. The molecule has 3 rings (SSSR count). The smallest absolute Gasteiger partial charge is 0.250 e.